The number of likely N-dealkylation sites (N-methyl/N-ethyl adjacent to an activating group) is 2. The molecule has 1 saturated heterocycles. The fraction of sp³-hybridized carbons (Fsp3) is 0.769. The summed E-state index contributed by atoms with van der Waals surface area (Å²) in [6.07, 6.45) is 3.85. The maximum atomic E-state index is 4.39. The molecule has 0 spiro atoms. The van der Waals surface area contributed by atoms with E-state index in [1.54, 1.807) is 0 Å². The normalized spacial score (nSPS) is 24.3. The topological polar surface area (TPSA) is 36.3 Å². The Balaban J connectivity index is 1.85. The lowest BCUT2D eigenvalue weighted by Gasteiger charge is -2.38. The fourth-order valence-electron chi connectivity index (χ4n) is 2.52. The van der Waals surface area contributed by atoms with Gasteiger partial charge in [0.2, 0.25) is 0 Å². The number of nitrogens with zero attached hydrogens (tertiary/aromatic N) is 4. The summed E-state index contributed by atoms with van der Waals surface area (Å²) in [6.45, 7) is 6.64. The van der Waals surface area contributed by atoms with Crippen molar-refractivity contribution >= 4 is 0 Å². The van der Waals surface area contributed by atoms with E-state index in [1.807, 2.05) is 19.4 Å². The molecule has 2 rings (SSSR count). The zero-order chi connectivity index (χ0) is 13.1. The molecule has 5 heteroatoms. The maximum Gasteiger partial charge on any atom is 0.125 e. The van der Waals surface area contributed by atoms with Crippen LogP contribution in [0.2, 0.25) is 0 Å². The number of nitrogens with one attached hydrogen (secondary N) is 1. The Kier molecular flexibility index (Phi) is 4.37. The van der Waals surface area contributed by atoms with Crippen molar-refractivity contribution < 1.29 is 0 Å². The molecule has 0 bridgehead atoms. The number of hydrogen-bond acceptors (Lipinski definition) is 4. The first-order valence-corrected chi connectivity index (χ1v) is 6.67. The maximum absolute atomic E-state index is 4.39. The van der Waals surface area contributed by atoms with Crippen molar-refractivity contribution in [2.45, 2.75) is 19.0 Å². The summed E-state index contributed by atoms with van der Waals surface area (Å²) in [5.41, 5.74) is 0. The Morgan fingerprint density at radius 3 is 2.83 bits per heavy atom. The lowest BCUT2D eigenvalue weighted by Crippen LogP contribution is -2.54. The zero-order valence-electron chi connectivity index (χ0n) is 11.9. The minimum Gasteiger partial charge on any atom is -0.337 e. The first-order valence-electron chi connectivity index (χ1n) is 6.67. The fourth-order valence-corrected chi connectivity index (χ4v) is 2.52. The van der Waals surface area contributed by atoms with Gasteiger partial charge in [-0.15, -0.1) is 0 Å². The first-order chi connectivity index (χ1) is 8.58. The summed E-state index contributed by atoms with van der Waals surface area (Å²) >= 11 is 0. The third-order valence-corrected chi connectivity index (χ3v) is 3.89. The van der Waals surface area contributed by atoms with Crippen LogP contribution in [-0.2, 0) is 7.05 Å². The van der Waals surface area contributed by atoms with E-state index >= 15 is 0 Å². The van der Waals surface area contributed by atoms with Gasteiger partial charge >= 0.3 is 0 Å². The molecule has 18 heavy (non-hydrogen) atoms. The van der Waals surface area contributed by atoms with Crippen LogP contribution >= 0.6 is 0 Å². The summed E-state index contributed by atoms with van der Waals surface area (Å²) < 4.78 is 2.08. The number of piperazine rings is 1. The molecule has 2 heterocycles. The van der Waals surface area contributed by atoms with Gasteiger partial charge in [-0.2, -0.15) is 0 Å². The van der Waals surface area contributed by atoms with E-state index in [0.717, 1.165) is 25.5 Å². The van der Waals surface area contributed by atoms with Crippen LogP contribution in [0.4, 0.5) is 0 Å². The van der Waals surface area contributed by atoms with Crippen molar-refractivity contribution in [2.24, 2.45) is 7.05 Å². The van der Waals surface area contributed by atoms with Crippen molar-refractivity contribution in [3.05, 3.63) is 18.2 Å². The Morgan fingerprint density at radius 1 is 1.39 bits per heavy atom. The zero-order valence-corrected chi connectivity index (χ0v) is 11.9. The van der Waals surface area contributed by atoms with E-state index in [0.29, 0.717) is 12.1 Å². The summed E-state index contributed by atoms with van der Waals surface area (Å²) in [5, 5.41) is 3.59. The summed E-state index contributed by atoms with van der Waals surface area (Å²) in [4.78, 5) is 9.23. The molecular weight excluding hydrogens is 226 g/mol. The number of rotatable bonds is 4. The van der Waals surface area contributed by atoms with E-state index in [9.17, 15) is 0 Å². The van der Waals surface area contributed by atoms with E-state index in [-0.39, 0.29) is 0 Å². The second kappa shape index (κ2) is 5.82. The summed E-state index contributed by atoms with van der Waals surface area (Å²) in [5.74, 6) is 1.10. The van der Waals surface area contributed by atoms with Gasteiger partial charge in [-0.05, 0) is 21.0 Å². The molecule has 1 aromatic rings. The van der Waals surface area contributed by atoms with Crippen LogP contribution in [0.3, 0.4) is 0 Å². The molecule has 2 unspecified atom stereocenters. The minimum absolute atomic E-state index is 0.297. The van der Waals surface area contributed by atoms with Crippen LogP contribution in [0.15, 0.2) is 12.4 Å². The smallest absolute Gasteiger partial charge is 0.125 e. The SMILES string of the molecule is CC(NCC1CN(C)CCN1C)c1nccn1C. The first kappa shape index (κ1) is 13.5. The van der Waals surface area contributed by atoms with Gasteiger partial charge < -0.3 is 14.8 Å². The van der Waals surface area contributed by atoms with Crippen molar-refractivity contribution in [1.29, 1.82) is 0 Å². The quantitative estimate of drug-likeness (QED) is 0.836. The minimum atomic E-state index is 0.297. The molecule has 1 aromatic heterocycles. The van der Waals surface area contributed by atoms with Crippen LogP contribution in [0.5, 0.6) is 0 Å². The highest BCUT2D eigenvalue weighted by atomic mass is 15.3. The Hall–Kier alpha value is -0.910. The lowest BCUT2D eigenvalue weighted by molar-refractivity contribution is 0.111. The van der Waals surface area contributed by atoms with E-state index in [4.69, 9.17) is 0 Å². The van der Waals surface area contributed by atoms with E-state index in [2.05, 4.69) is 45.7 Å². The lowest BCUT2D eigenvalue weighted by atomic mass is 10.1. The Morgan fingerprint density at radius 2 is 2.17 bits per heavy atom. The average Bonchev–Trinajstić information content (AvgIpc) is 2.76. The third-order valence-electron chi connectivity index (χ3n) is 3.89. The van der Waals surface area contributed by atoms with Crippen LogP contribution in [0.25, 0.3) is 0 Å². The molecule has 0 saturated carbocycles. The number of imidazole rings is 1. The molecule has 1 aliphatic rings. The molecule has 0 aliphatic carbocycles. The second-order valence-electron chi connectivity index (χ2n) is 5.42. The molecule has 1 fully saturated rings. The van der Waals surface area contributed by atoms with Crippen molar-refractivity contribution in [3.63, 3.8) is 0 Å². The molecule has 1 N–H and O–H groups in total. The standard InChI is InChI=1S/C13H25N5/c1-11(13-14-5-6-18(13)4)15-9-12-10-16(2)7-8-17(12)3/h5-6,11-12,15H,7-10H2,1-4H3. The molecule has 0 aromatic carbocycles. The van der Waals surface area contributed by atoms with Crippen LogP contribution in [0.1, 0.15) is 18.8 Å². The van der Waals surface area contributed by atoms with Gasteiger partial charge in [-0.25, -0.2) is 4.98 Å². The molecule has 0 amide bonds. The Labute approximate surface area is 110 Å². The van der Waals surface area contributed by atoms with Crippen LogP contribution in [-0.4, -0.2) is 65.7 Å². The summed E-state index contributed by atoms with van der Waals surface area (Å²) in [7, 11) is 6.45. The van der Waals surface area contributed by atoms with E-state index in [1.165, 1.54) is 6.54 Å². The van der Waals surface area contributed by atoms with Gasteiger partial charge in [0.25, 0.3) is 0 Å². The highest BCUT2D eigenvalue weighted by Gasteiger charge is 2.22. The van der Waals surface area contributed by atoms with Crippen molar-refractivity contribution in [2.75, 3.05) is 40.3 Å². The summed E-state index contributed by atoms with van der Waals surface area (Å²) in [6, 6.07) is 0.886. The van der Waals surface area contributed by atoms with E-state index < -0.39 is 0 Å². The number of aryl methyl sites for hydroxylation is 1. The highest BCUT2D eigenvalue weighted by molar-refractivity contribution is 4.97. The molecule has 1 aliphatic heterocycles. The predicted molar refractivity (Wildman–Crippen MR) is 73.5 cm³/mol. The monoisotopic (exact) mass is 251 g/mol. The molecule has 102 valence electrons. The largest absolute Gasteiger partial charge is 0.337 e. The number of hydrogen-bond donors (Lipinski definition) is 1. The molecule has 2 atom stereocenters. The number of aromatic nitrogens is 2. The van der Waals surface area contributed by atoms with Gasteiger partial charge in [0, 0.05) is 51.7 Å². The van der Waals surface area contributed by atoms with Crippen LogP contribution < -0.4 is 5.32 Å². The van der Waals surface area contributed by atoms with Crippen molar-refractivity contribution in [3.8, 4) is 0 Å². The Bertz CT molecular complexity index is 375. The van der Waals surface area contributed by atoms with Crippen molar-refractivity contribution in [1.82, 2.24) is 24.7 Å². The highest BCUT2D eigenvalue weighted by Crippen LogP contribution is 2.10. The molecular formula is C13H25N5. The second-order valence-corrected chi connectivity index (χ2v) is 5.42. The molecule has 5 nitrogen and oxygen atoms in total. The van der Waals surface area contributed by atoms with Gasteiger partial charge in [-0.3, -0.25) is 4.90 Å². The van der Waals surface area contributed by atoms with Gasteiger partial charge in [0.1, 0.15) is 5.82 Å². The third kappa shape index (κ3) is 3.10. The van der Waals surface area contributed by atoms with Gasteiger partial charge in [0.15, 0.2) is 0 Å². The van der Waals surface area contributed by atoms with Gasteiger partial charge in [-0.1, -0.05) is 0 Å². The van der Waals surface area contributed by atoms with Crippen LogP contribution in [0, 0.1) is 0 Å². The van der Waals surface area contributed by atoms with Gasteiger partial charge in [0.05, 0.1) is 6.04 Å². The predicted octanol–water partition coefficient (Wildman–Crippen LogP) is 0.317. The molecule has 0 radical (unpaired) electrons. The average molecular weight is 251 g/mol.